The van der Waals surface area contributed by atoms with Crippen LogP contribution in [0.2, 0.25) is 10.0 Å². The van der Waals surface area contributed by atoms with Crippen molar-refractivity contribution in [1.82, 2.24) is 9.71 Å². The van der Waals surface area contributed by atoms with Crippen molar-refractivity contribution in [3.8, 4) is 0 Å². The molecule has 1 amide bonds. The summed E-state index contributed by atoms with van der Waals surface area (Å²) in [6.45, 7) is 1.57. The van der Waals surface area contributed by atoms with Gasteiger partial charge in [-0.2, -0.15) is 0 Å². The topological polar surface area (TPSA) is 88.2 Å². The second-order valence-corrected chi connectivity index (χ2v) is 9.36. The van der Waals surface area contributed by atoms with Crippen molar-refractivity contribution in [2.75, 3.05) is 11.9 Å². The number of nitrogens with zero attached hydrogens (tertiary/aromatic N) is 1. The number of sulfonamides is 1. The number of aromatic nitrogens is 1. The summed E-state index contributed by atoms with van der Waals surface area (Å²) in [4.78, 5) is 17.5. The number of fused-ring (bicyclic) bond motifs is 2. The molecule has 9 heteroatoms. The molecule has 0 bridgehead atoms. The molecule has 0 fully saturated rings. The number of rotatable bonds is 2. The molecule has 2 heterocycles. The molecule has 0 spiro atoms. The third-order valence-corrected chi connectivity index (χ3v) is 6.93. The van der Waals surface area contributed by atoms with Crippen LogP contribution in [0.15, 0.2) is 53.7 Å². The van der Waals surface area contributed by atoms with Crippen molar-refractivity contribution in [3.63, 3.8) is 0 Å². The molecular formula is C19H15Cl2N3O3S. The van der Waals surface area contributed by atoms with Crippen LogP contribution in [0.3, 0.4) is 0 Å². The van der Waals surface area contributed by atoms with Gasteiger partial charge in [0.1, 0.15) is 0 Å². The van der Waals surface area contributed by atoms with Gasteiger partial charge in [-0.3, -0.25) is 9.78 Å². The third-order valence-electron chi connectivity index (χ3n) is 4.92. The first-order chi connectivity index (χ1) is 13.2. The van der Waals surface area contributed by atoms with E-state index in [4.69, 9.17) is 23.2 Å². The molecule has 4 rings (SSSR count). The van der Waals surface area contributed by atoms with E-state index in [9.17, 15) is 13.2 Å². The summed E-state index contributed by atoms with van der Waals surface area (Å²) in [6, 6.07) is 9.77. The fourth-order valence-electron chi connectivity index (χ4n) is 3.33. The number of pyridine rings is 1. The van der Waals surface area contributed by atoms with E-state index in [1.165, 1.54) is 24.4 Å². The fraction of sp³-hybridized carbons (Fsp3) is 0.158. The molecule has 1 atom stereocenters. The number of carbonyl (C=O) groups is 1. The zero-order chi connectivity index (χ0) is 20.1. The summed E-state index contributed by atoms with van der Waals surface area (Å²) in [6.07, 6.45) is 3.17. The summed E-state index contributed by atoms with van der Waals surface area (Å²) in [7, 11) is -3.70. The lowest BCUT2D eigenvalue weighted by Crippen LogP contribution is -2.51. The molecule has 1 aliphatic heterocycles. The lowest BCUT2D eigenvalue weighted by molar-refractivity contribution is -0.120. The lowest BCUT2D eigenvalue weighted by Gasteiger charge is -2.34. The van der Waals surface area contributed by atoms with Gasteiger partial charge in [-0.25, -0.2) is 13.1 Å². The van der Waals surface area contributed by atoms with Crippen molar-refractivity contribution in [1.29, 1.82) is 0 Å². The number of hydrogen-bond acceptors (Lipinski definition) is 4. The van der Waals surface area contributed by atoms with Crippen molar-refractivity contribution in [2.24, 2.45) is 0 Å². The minimum atomic E-state index is -3.70. The number of amides is 1. The average Bonchev–Trinajstić information content (AvgIpc) is 2.65. The maximum atomic E-state index is 13.3. The Morgan fingerprint density at radius 3 is 2.79 bits per heavy atom. The maximum Gasteiger partial charge on any atom is 0.240 e. The first-order valence-electron chi connectivity index (χ1n) is 8.36. The molecule has 144 valence electrons. The SMILES string of the molecule is CC1(C(=O)Nc2cncc3cccc(Cl)c23)CNS(=O)(=O)c2ccc(Cl)cc21. The maximum absolute atomic E-state index is 13.3. The average molecular weight is 436 g/mol. The molecule has 0 radical (unpaired) electrons. The number of carbonyl (C=O) groups excluding carboxylic acids is 1. The quantitative estimate of drug-likeness (QED) is 0.641. The number of anilines is 1. The van der Waals surface area contributed by atoms with E-state index in [-0.39, 0.29) is 11.4 Å². The van der Waals surface area contributed by atoms with Gasteiger partial charge in [0.25, 0.3) is 0 Å². The highest BCUT2D eigenvalue weighted by atomic mass is 35.5. The zero-order valence-electron chi connectivity index (χ0n) is 14.7. The van der Waals surface area contributed by atoms with E-state index in [2.05, 4.69) is 15.0 Å². The standard InChI is InChI=1S/C19H15Cl2N3O3S/c1-19(10-23-28(26,27)16-6-5-12(20)7-13(16)19)18(25)24-15-9-22-8-11-3-2-4-14(21)17(11)15/h2-9,23H,10H2,1H3,(H,24,25). The van der Waals surface area contributed by atoms with Crippen molar-refractivity contribution in [3.05, 3.63) is 64.4 Å². The summed E-state index contributed by atoms with van der Waals surface area (Å²) < 4.78 is 27.2. The third kappa shape index (κ3) is 3.04. The Labute approximate surface area is 171 Å². The molecule has 3 aromatic rings. The minimum Gasteiger partial charge on any atom is -0.323 e. The Hall–Kier alpha value is -2.19. The van der Waals surface area contributed by atoms with Gasteiger partial charge in [0, 0.05) is 28.5 Å². The van der Waals surface area contributed by atoms with Crippen LogP contribution in [0.25, 0.3) is 10.8 Å². The van der Waals surface area contributed by atoms with Gasteiger partial charge in [0.05, 0.1) is 27.2 Å². The summed E-state index contributed by atoms with van der Waals surface area (Å²) in [5.74, 6) is -0.396. The summed E-state index contributed by atoms with van der Waals surface area (Å²) in [5, 5.41) is 5.14. The van der Waals surface area contributed by atoms with E-state index in [0.29, 0.717) is 26.7 Å². The van der Waals surface area contributed by atoms with Gasteiger partial charge < -0.3 is 5.32 Å². The summed E-state index contributed by atoms with van der Waals surface area (Å²) in [5.41, 5.74) is -0.378. The Morgan fingerprint density at radius 1 is 1.21 bits per heavy atom. The fourth-order valence-corrected chi connectivity index (χ4v) is 5.24. The van der Waals surface area contributed by atoms with E-state index in [1.54, 1.807) is 25.3 Å². The van der Waals surface area contributed by atoms with E-state index in [1.807, 2.05) is 6.07 Å². The minimum absolute atomic E-state index is 0.0369. The van der Waals surface area contributed by atoms with Crippen LogP contribution < -0.4 is 10.0 Å². The molecule has 1 unspecified atom stereocenters. The molecule has 1 aliphatic rings. The van der Waals surface area contributed by atoms with Crippen LogP contribution in [0.1, 0.15) is 12.5 Å². The second-order valence-electron chi connectivity index (χ2n) is 6.78. The molecular weight excluding hydrogens is 421 g/mol. The normalized spacial score (nSPS) is 20.5. The number of hydrogen-bond donors (Lipinski definition) is 2. The van der Waals surface area contributed by atoms with Crippen molar-refractivity contribution < 1.29 is 13.2 Å². The van der Waals surface area contributed by atoms with Gasteiger partial charge in [-0.05, 0) is 36.8 Å². The smallest absolute Gasteiger partial charge is 0.240 e. The Bertz CT molecular complexity index is 1230. The lowest BCUT2D eigenvalue weighted by atomic mass is 9.81. The van der Waals surface area contributed by atoms with Gasteiger partial charge >= 0.3 is 0 Å². The van der Waals surface area contributed by atoms with Crippen molar-refractivity contribution >= 4 is 55.6 Å². The molecule has 2 N–H and O–H groups in total. The predicted octanol–water partition coefficient (Wildman–Crippen LogP) is 3.73. The monoisotopic (exact) mass is 435 g/mol. The number of halogens is 2. The van der Waals surface area contributed by atoms with Crippen LogP contribution in [-0.4, -0.2) is 25.9 Å². The van der Waals surface area contributed by atoms with Crippen LogP contribution in [-0.2, 0) is 20.2 Å². The Balaban J connectivity index is 1.81. The van der Waals surface area contributed by atoms with E-state index in [0.717, 1.165) is 5.39 Å². The molecule has 0 saturated heterocycles. The second kappa shape index (κ2) is 6.70. The largest absolute Gasteiger partial charge is 0.323 e. The van der Waals surface area contributed by atoms with E-state index >= 15 is 0 Å². The molecule has 28 heavy (non-hydrogen) atoms. The first kappa shape index (κ1) is 19.1. The van der Waals surface area contributed by atoms with Gasteiger partial charge in [-0.15, -0.1) is 0 Å². The molecule has 0 aliphatic carbocycles. The van der Waals surface area contributed by atoms with Gasteiger partial charge in [0.2, 0.25) is 15.9 Å². The molecule has 6 nitrogen and oxygen atoms in total. The van der Waals surface area contributed by atoms with Crippen LogP contribution in [0.5, 0.6) is 0 Å². The zero-order valence-corrected chi connectivity index (χ0v) is 17.0. The van der Waals surface area contributed by atoms with Crippen LogP contribution >= 0.6 is 23.2 Å². The molecule has 1 aromatic heterocycles. The highest BCUT2D eigenvalue weighted by Crippen LogP contribution is 2.37. The van der Waals surface area contributed by atoms with Gasteiger partial charge in [0.15, 0.2) is 0 Å². The highest BCUT2D eigenvalue weighted by Gasteiger charge is 2.44. The first-order valence-corrected chi connectivity index (χ1v) is 10.6. The Morgan fingerprint density at radius 2 is 2.00 bits per heavy atom. The summed E-state index contributed by atoms with van der Waals surface area (Å²) >= 11 is 12.4. The van der Waals surface area contributed by atoms with Crippen LogP contribution in [0, 0.1) is 0 Å². The van der Waals surface area contributed by atoms with Gasteiger partial charge in [-0.1, -0.05) is 35.3 Å². The van der Waals surface area contributed by atoms with Crippen LogP contribution in [0.4, 0.5) is 5.69 Å². The molecule has 2 aromatic carbocycles. The predicted molar refractivity (Wildman–Crippen MR) is 109 cm³/mol. The van der Waals surface area contributed by atoms with E-state index < -0.39 is 21.3 Å². The van der Waals surface area contributed by atoms with Crippen molar-refractivity contribution in [2.45, 2.75) is 17.2 Å². The number of benzene rings is 2. The number of nitrogens with one attached hydrogen (secondary N) is 2. The molecule has 0 saturated carbocycles. The Kier molecular flexibility index (Phi) is 4.58. The highest BCUT2D eigenvalue weighted by molar-refractivity contribution is 7.89.